The van der Waals surface area contributed by atoms with Gasteiger partial charge in [0, 0.05) is 48.7 Å². The Kier molecular flexibility index (Phi) is 10.5. The second-order valence-electron chi connectivity index (χ2n) is 8.34. The SMILES string of the molecule is C=C(C)c1cc(CC)c(O)cc1O.CNC(=S)C(C)C.Cc1ccc2c(c1)c(C)cn2C. The Bertz CT molecular complexity index is 1080. The number of aromatic hydroxyl groups is 2. The normalized spacial score (nSPS) is 10.2. The van der Waals surface area contributed by atoms with E-state index < -0.39 is 0 Å². The summed E-state index contributed by atoms with van der Waals surface area (Å²) < 4.78 is 2.17. The summed E-state index contributed by atoms with van der Waals surface area (Å²) in [6, 6.07) is 9.71. The molecule has 0 saturated heterocycles. The molecular formula is C27H38N2O2S. The highest BCUT2D eigenvalue weighted by atomic mass is 32.1. The molecule has 0 spiro atoms. The van der Waals surface area contributed by atoms with Gasteiger partial charge in [-0.05, 0) is 62.1 Å². The number of aryl methyl sites for hydroxylation is 4. The number of benzene rings is 2. The lowest BCUT2D eigenvalue weighted by atomic mass is 10.0. The van der Waals surface area contributed by atoms with Gasteiger partial charge in [-0.25, -0.2) is 0 Å². The highest BCUT2D eigenvalue weighted by Crippen LogP contribution is 2.31. The number of allylic oxidation sites excluding steroid dienone is 1. The number of nitrogens with zero attached hydrogens (tertiary/aromatic N) is 1. The summed E-state index contributed by atoms with van der Waals surface area (Å²) in [4.78, 5) is 0.931. The number of hydrogen-bond acceptors (Lipinski definition) is 3. The Morgan fingerprint density at radius 2 is 1.75 bits per heavy atom. The summed E-state index contributed by atoms with van der Waals surface area (Å²) in [6.45, 7) is 15.9. The largest absolute Gasteiger partial charge is 0.508 e. The standard InChI is InChI=1S/C11H13N.C11H14O2.C5H11NS/c1-8-4-5-11-10(6-8)9(2)7-12(11)3;1-4-8-5-9(7(2)3)11(13)6-10(8)12;1-4(2)5(7)6-3/h4-7H,1-3H3;5-6,12-13H,2,4H2,1,3H3;4H,1-3H3,(H,6,7). The van der Waals surface area contributed by atoms with E-state index in [9.17, 15) is 10.2 Å². The van der Waals surface area contributed by atoms with Crippen molar-refractivity contribution in [3.8, 4) is 11.5 Å². The molecule has 0 fully saturated rings. The highest BCUT2D eigenvalue weighted by Gasteiger charge is 2.07. The van der Waals surface area contributed by atoms with Gasteiger partial charge in [0.15, 0.2) is 0 Å². The van der Waals surface area contributed by atoms with Crippen molar-refractivity contribution in [2.45, 2.75) is 48.0 Å². The summed E-state index contributed by atoms with van der Waals surface area (Å²) in [5, 5.41) is 23.1. The van der Waals surface area contributed by atoms with Crippen LogP contribution in [0.2, 0.25) is 0 Å². The summed E-state index contributed by atoms with van der Waals surface area (Å²) in [7, 11) is 3.94. The van der Waals surface area contributed by atoms with Crippen molar-refractivity contribution in [2.24, 2.45) is 13.0 Å². The molecule has 0 aliphatic rings. The van der Waals surface area contributed by atoms with Crippen LogP contribution >= 0.6 is 12.2 Å². The van der Waals surface area contributed by atoms with Gasteiger partial charge in [-0.1, -0.05) is 51.2 Å². The zero-order valence-electron chi connectivity index (χ0n) is 20.7. The fourth-order valence-electron chi connectivity index (χ4n) is 3.24. The van der Waals surface area contributed by atoms with E-state index in [4.69, 9.17) is 12.2 Å². The fourth-order valence-corrected chi connectivity index (χ4v) is 3.24. The van der Waals surface area contributed by atoms with E-state index in [0.29, 0.717) is 11.5 Å². The van der Waals surface area contributed by atoms with E-state index in [-0.39, 0.29) is 11.5 Å². The van der Waals surface area contributed by atoms with Crippen LogP contribution in [0.3, 0.4) is 0 Å². The summed E-state index contributed by atoms with van der Waals surface area (Å²) in [5.41, 5.74) is 6.34. The molecule has 0 aliphatic carbocycles. The average molecular weight is 455 g/mol. The first kappa shape index (κ1) is 27.2. The van der Waals surface area contributed by atoms with Crippen LogP contribution < -0.4 is 5.32 Å². The maximum Gasteiger partial charge on any atom is 0.126 e. The number of nitrogens with one attached hydrogen (secondary N) is 1. The maximum absolute atomic E-state index is 9.46. The molecule has 4 nitrogen and oxygen atoms in total. The van der Waals surface area contributed by atoms with Gasteiger partial charge in [0.05, 0.1) is 4.99 Å². The first-order valence-corrected chi connectivity index (χ1v) is 11.3. The molecule has 0 unspecified atom stereocenters. The van der Waals surface area contributed by atoms with Crippen LogP contribution in [-0.2, 0) is 13.5 Å². The quantitative estimate of drug-likeness (QED) is 0.387. The lowest BCUT2D eigenvalue weighted by Crippen LogP contribution is -2.20. The predicted molar refractivity (Wildman–Crippen MR) is 143 cm³/mol. The highest BCUT2D eigenvalue weighted by molar-refractivity contribution is 7.80. The van der Waals surface area contributed by atoms with Crippen molar-refractivity contribution >= 4 is 33.7 Å². The van der Waals surface area contributed by atoms with Gasteiger partial charge >= 0.3 is 0 Å². The number of rotatable bonds is 3. The van der Waals surface area contributed by atoms with Crippen LogP contribution in [0, 0.1) is 19.8 Å². The number of thiocarbonyl (C=S) groups is 1. The molecule has 2 aromatic carbocycles. The van der Waals surface area contributed by atoms with Crippen molar-refractivity contribution in [2.75, 3.05) is 7.05 Å². The van der Waals surface area contributed by atoms with Crippen LogP contribution in [0.15, 0.2) is 43.1 Å². The van der Waals surface area contributed by atoms with Gasteiger partial charge < -0.3 is 20.1 Å². The molecular weight excluding hydrogens is 416 g/mol. The van der Waals surface area contributed by atoms with Gasteiger partial charge in [-0.15, -0.1) is 0 Å². The van der Waals surface area contributed by atoms with Gasteiger partial charge in [0.25, 0.3) is 0 Å². The van der Waals surface area contributed by atoms with Gasteiger partial charge in [0.1, 0.15) is 11.5 Å². The lowest BCUT2D eigenvalue weighted by Gasteiger charge is -2.08. The minimum absolute atomic E-state index is 0.0854. The van der Waals surface area contributed by atoms with Crippen molar-refractivity contribution in [1.82, 2.24) is 9.88 Å². The van der Waals surface area contributed by atoms with E-state index in [0.717, 1.165) is 22.5 Å². The van der Waals surface area contributed by atoms with Crippen molar-refractivity contribution in [3.05, 3.63) is 65.4 Å². The van der Waals surface area contributed by atoms with Crippen LogP contribution in [0.1, 0.15) is 49.9 Å². The van der Waals surface area contributed by atoms with E-state index in [1.165, 1.54) is 28.1 Å². The van der Waals surface area contributed by atoms with Crippen molar-refractivity contribution < 1.29 is 10.2 Å². The number of phenols is 2. The Labute approximate surface area is 198 Å². The van der Waals surface area contributed by atoms with Crippen LogP contribution in [0.5, 0.6) is 11.5 Å². The number of phenolic OH excluding ortho intramolecular Hbond substituents is 2. The monoisotopic (exact) mass is 454 g/mol. The van der Waals surface area contributed by atoms with Gasteiger partial charge in [-0.2, -0.15) is 0 Å². The molecule has 0 radical (unpaired) electrons. The second kappa shape index (κ2) is 12.3. The molecule has 0 saturated carbocycles. The average Bonchev–Trinajstić information content (AvgIpc) is 3.01. The maximum atomic E-state index is 9.46. The second-order valence-corrected chi connectivity index (χ2v) is 8.78. The molecule has 174 valence electrons. The van der Waals surface area contributed by atoms with Crippen molar-refractivity contribution in [3.63, 3.8) is 0 Å². The van der Waals surface area contributed by atoms with Crippen LogP contribution in [-0.4, -0.2) is 26.8 Å². The molecule has 0 aliphatic heterocycles. The Morgan fingerprint density at radius 1 is 1.12 bits per heavy atom. The van der Waals surface area contributed by atoms with Crippen molar-refractivity contribution in [1.29, 1.82) is 0 Å². The topological polar surface area (TPSA) is 57.4 Å². The Hall–Kier alpha value is -2.79. The zero-order chi connectivity index (χ0) is 24.6. The Morgan fingerprint density at radius 3 is 2.22 bits per heavy atom. The Balaban J connectivity index is 0.000000252. The van der Waals surface area contributed by atoms with E-state index >= 15 is 0 Å². The van der Waals surface area contributed by atoms with Gasteiger partial charge in [-0.3, -0.25) is 0 Å². The number of fused-ring (bicyclic) bond motifs is 1. The molecule has 0 bridgehead atoms. The molecule has 32 heavy (non-hydrogen) atoms. The molecule has 0 amide bonds. The first-order valence-electron chi connectivity index (χ1n) is 10.9. The molecule has 0 atom stereocenters. The van der Waals surface area contributed by atoms with E-state index in [1.807, 2.05) is 20.9 Å². The molecule has 5 heteroatoms. The molecule has 3 aromatic rings. The lowest BCUT2D eigenvalue weighted by molar-refractivity contribution is 0.445. The van der Waals surface area contributed by atoms with E-state index in [1.54, 1.807) is 6.07 Å². The minimum Gasteiger partial charge on any atom is -0.508 e. The zero-order valence-corrected chi connectivity index (χ0v) is 21.5. The molecule has 3 rings (SSSR count). The van der Waals surface area contributed by atoms with Gasteiger partial charge in [0.2, 0.25) is 0 Å². The third-order valence-electron chi connectivity index (χ3n) is 5.15. The van der Waals surface area contributed by atoms with E-state index in [2.05, 4.69) is 75.6 Å². The molecule has 1 heterocycles. The van der Waals surface area contributed by atoms with Crippen LogP contribution in [0.4, 0.5) is 0 Å². The third-order valence-corrected chi connectivity index (χ3v) is 5.83. The summed E-state index contributed by atoms with van der Waals surface area (Å²) in [6.07, 6.45) is 2.91. The third kappa shape index (κ3) is 7.41. The number of aromatic nitrogens is 1. The predicted octanol–water partition coefficient (Wildman–Crippen LogP) is 6.68. The smallest absolute Gasteiger partial charge is 0.126 e. The minimum atomic E-state index is 0.0854. The first-order chi connectivity index (χ1) is 14.9. The van der Waals surface area contributed by atoms with Crippen LogP contribution in [0.25, 0.3) is 16.5 Å². The molecule has 1 aromatic heterocycles. The number of hydrogen-bond donors (Lipinski definition) is 3. The molecule has 3 N–H and O–H groups in total. The fraction of sp³-hybridized carbons (Fsp3) is 0.370. The summed E-state index contributed by atoms with van der Waals surface area (Å²) in [5.74, 6) is 0.715. The summed E-state index contributed by atoms with van der Waals surface area (Å²) >= 11 is 4.87.